The summed E-state index contributed by atoms with van der Waals surface area (Å²) in [4.78, 5) is 3.82. The molecule has 4 nitrogen and oxygen atoms in total. The summed E-state index contributed by atoms with van der Waals surface area (Å²) in [6.07, 6.45) is -1.66. The molecule has 0 amide bonds. The van der Waals surface area contributed by atoms with Crippen molar-refractivity contribution in [1.29, 1.82) is 0 Å². The zero-order chi connectivity index (χ0) is 16.0. The molecule has 1 aromatic carbocycles. The molecule has 114 valence electrons. The van der Waals surface area contributed by atoms with Gasteiger partial charge in [-0.3, -0.25) is 4.98 Å². The normalized spacial score (nSPS) is 13.1. The molecule has 0 aliphatic rings. The van der Waals surface area contributed by atoms with Crippen LogP contribution in [0.2, 0.25) is 0 Å². The number of pyridine rings is 1. The van der Waals surface area contributed by atoms with E-state index in [1.54, 1.807) is 18.2 Å². The predicted molar refractivity (Wildman–Crippen MR) is 76.8 cm³/mol. The first kappa shape index (κ1) is 15.7. The number of halogens is 3. The molecule has 2 rings (SSSR count). The van der Waals surface area contributed by atoms with Crippen LogP contribution in [0.1, 0.15) is 11.1 Å². The Balaban J connectivity index is 2.44. The minimum atomic E-state index is -4.62. The van der Waals surface area contributed by atoms with Gasteiger partial charge in [-0.1, -0.05) is 30.3 Å². The van der Waals surface area contributed by atoms with E-state index >= 15 is 0 Å². The van der Waals surface area contributed by atoms with Crippen molar-refractivity contribution in [2.75, 3.05) is 7.11 Å². The number of hydrogen-bond acceptors (Lipinski definition) is 4. The Morgan fingerprint density at radius 2 is 1.59 bits per heavy atom. The van der Waals surface area contributed by atoms with Crippen LogP contribution in [-0.2, 0) is 4.74 Å². The fraction of sp³-hybridized carbons (Fsp3) is 0.133. The molecular formula is C15H12F3N3O. The highest BCUT2D eigenvalue weighted by atomic mass is 19.4. The lowest BCUT2D eigenvalue weighted by Gasteiger charge is -2.09. The Kier molecular flexibility index (Phi) is 4.88. The molecule has 2 aromatic rings. The number of rotatable bonds is 3. The molecular weight excluding hydrogens is 295 g/mol. The monoisotopic (exact) mass is 307 g/mol. The largest absolute Gasteiger partial charge is 0.479 e. The van der Waals surface area contributed by atoms with Gasteiger partial charge in [0.1, 0.15) is 0 Å². The van der Waals surface area contributed by atoms with E-state index in [1.165, 1.54) is 43.8 Å². The van der Waals surface area contributed by atoms with Gasteiger partial charge < -0.3 is 4.74 Å². The van der Waals surface area contributed by atoms with Crippen LogP contribution in [0.25, 0.3) is 0 Å². The zero-order valence-corrected chi connectivity index (χ0v) is 11.6. The highest BCUT2D eigenvalue weighted by Gasteiger charge is 2.37. The van der Waals surface area contributed by atoms with E-state index in [9.17, 15) is 13.2 Å². The summed E-state index contributed by atoms with van der Waals surface area (Å²) in [6, 6.07) is 10.4. The lowest BCUT2D eigenvalue weighted by Crippen LogP contribution is -2.24. The molecule has 0 bridgehead atoms. The molecule has 0 spiro atoms. The number of ether oxygens (including phenoxy) is 1. The maximum atomic E-state index is 13.1. The van der Waals surface area contributed by atoms with Crippen molar-refractivity contribution < 1.29 is 17.9 Å². The molecule has 0 N–H and O–H groups in total. The molecule has 0 radical (unpaired) electrons. The highest BCUT2D eigenvalue weighted by molar-refractivity contribution is 6.05. The second-order valence-electron chi connectivity index (χ2n) is 4.16. The smallest absolute Gasteiger partial charge is 0.435 e. The van der Waals surface area contributed by atoms with Crippen molar-refractivity contribution in [2.45, 2.75) is 6.18 Å². The minimum Gasteiger partial charge on any atom is -0.479 e. The third kappa shape index (κ3) is 3.91. The first-order chi connectivity index (χ1) is 10.5. The molecule has 0 fully saturated rings. The van der Waals surface area contributed by atoms with Gasteiger partial charge in [0.15, 0.2) is 5.71 Å². The molecule has 22 heavy (non-hydrogen) atoms. The van der Waals surface area contributed by atoms with Crippen molar-refractivity contribution >= 4 is 11.6 Å². The van der Waals surface area contributed by atoms with Crippen LogP contribution in [-0.4, -0.2) is 29.9 Å². The Bertz CT molecular complexity index is 667. The van der Waals surface area contributed by atoms with Gasteiger partial charge in [0, 0.05) is 23.5 Å². The molecule has 0 atom stereocenters. The summed E-state index contributed by atoms with van der Waals surface area (Å²) in [5, 5.41) is 6.94. The van der Waals surface area contributed by atoms with E-state index in [0.717, 1.165) is 0 Å². The summed E-state index contributed by atoms with van der Waals surface area (Å²) < 4.78 is 44.3. The third-order valence-corrected chi connectivity index (χ3v) is 2.68. The fourth-order valence-corrected chi connectivity index (χ4v) is 1.68. The molecule has 0 saturated carbocycles. The van der Waals surface area contributed by atoms with Crippen molar-refractivity contribution in [3.8, 4) is 0 Å². The van der Waals surface area contributed by atoms with Crippen LogP contribution in [0.15, 0.2) is 65.1 Å². The Morgan fingerprint density at radius 3 is 2.14 bits per heavy atom. The lowest BCUT2D eigenvalue weighted by atomic mass is 10.1. The molecule has 0 aliphatic carbocycles. The summed E-state index contributed by atoms with van der Waals surface area (Å²) in [7, 11) is 1.31. The SMILES string of the molecule is CO/C(=N\N=C(\c1ccccc1)C(F)(F)F)c1ccncc1. The summed E-state index contributed by atoms with van der Waals surface area (Å²) in [6.45, 7) is 0. The van der Waals surface area contributed by atoms with E-state index in [4.69, 9.17) is 4.74 Å². The van der Waals surface area contributed by atoms with Gasteiger partial charge in [-0.25, -0.2) is 0 Å². The predicted octanol–water partition coefficient (Wildman–Crippen LogP) is 3.44. The van der Waals surface area contributed by atoms with Crippen molar-refractivity contribution in [1.82, 2.24) is 4.98 Å². The highest BCUT2D eigenvalue weighted by Crippen LogP contribution is 2.22. The average molecular weight is 307 g/mol. The quantitative estimate of drug-likeness (QED) is 0.495. The van der Waals surface area contributed by atoms with E-state index < -0.39 is 11.9 Å². The number of methoxy groups -OCH3 is 1. The average Bonchev–Trinajstić information content (AvgIpc) is 2.52. The van der Waals surface area contributed by atoms with Crippen LogP contribution in [0.5, 0.6) is 0 Å². The summed E-state index contributed by atoms with van der Waals surface area (Å²) in [5.74, 6) is -0.0277. The topological polar surface area (TPSA) is 46.8 Å². The van der Waals surface area contributed by atoms with Crippen LogP contribution in [0, 0.1) is 0 Å². The summed E-state index contributed by atoms with van der Waals surface area (Å²) >= 11 is 0. The van der Waals surface area contributed by atoms with Gasteiger partial charge in [-0.05, 0) is 12.1 Å². The van der Waals surface area contributed by atoms with Crippen LogP contribution in [0.4, 0.5) is 13.2 Å². The van der Waals surface area contributed by atoms with Crippen LogP contribution >= 0.6 is 0 Å². The van der Waals surface area contributed by atoms with Crippen LogP contribution in [0.3, 0.4) is 0 Å². The van der Waals surface area contributed by atoms with Crippen molar-refractivity contribution in [3.63, 3.8) is 0 Å². The molecule has 1 heterocycles. The van der Waals surface area contributed by atoms with Crippen molar-refractivity contribution in [3.05, 3.63) is 66.0 Å². The zero-order valence-electron chi connectivity index (χ0n) is 11.6. The lowest BCUT2D eigenvalue weighted by molar-refractivity contribution is -0.0582. The van der Waals surface area contributed by atoms with Gasteiger partial charge in [0.2, 0.25) is 5.90 Å². The van der Waals surface area contributed by atoms with Gasteiger partial charge >= 0.3 is 6.18 Å². The Labute approximate surface area is 125 Å². The maximum absolute atomic E-state index is 13.1. The molecule has 0 saturated heterocycles. The molecule has 0 aliphatic heterocycles. The van der Waals surface area contributed by atoms with Gasteiger partial charge in [0.05, 0.1) is 7.11 Å². The van der Waals surface area contributed by atoms with Crippen molar-refractivity contribution in [2.24, 2.45) is 10.2 Å². The van der Waals surface area contributed by atoms with Gasteiger partial charge in [0.25, 0.3) is 0 Å². The minimum absolute atomic E-state index is 0.0277. The first-order valence-corrected chi connectivity index (χ1v) is 6.25. The van der Waals surface area contributed by atoms with Gasteiger partial charge in [-0.2, -0.15) is 13.2 Å². The Morgan fingerprint density at radius 1 is 0.955 bits per heavy atom. The second kappa shape index (κ2) is 6.84. The molecule has 1 aromatic heterocycles. The van der Waals surface area contributed by atoms with E-state index in [2.05, 4.69) is 15.2 Å². The summed E-state index contributed by atoms with van der Waals surface area (Å²) in [5.41, 5.74) is -0.670. The maximum Gasteiger partial charge on any atom is 0.435 e. The first-order valence-electron chi connectivity index (χ1n) is 6.25. The standard InChI is InChI=1S/C15H12F3N3O/c1-22-14(12-7-9-19-10-8-12)21-20-13(15(16,17)18)11-5-3-2-4-6-11/h2-10H,1H3/b20-13-,21-14-. The van der Waals surface area contributed by atoms with Gasteiger partial charge in [-0.15, -0.1) is 10.2 Å². The number of benzene rings is 1. The fourth-order valence-electron chi connectivity index (χ4n) is 1.68. The number of hydrogen-bond donors (Lipinski definition) is 0. The molecule has 0 unspecified atom stereocenters. The Hall–Kier alpha value is -2.70. The van der Waals surface area contributed by atoms with E-state index in [1.807, 2.05) is 0 Å². The third-order valence-electron chi connectivity index (χ3n) is 2.68. The molecule has 7 heteroatoms. The second-order valence-corrected chi connectivity index (χ2v) is 4.16. The van der Waals surface area contributed by atoms with Crippen LogP contribution < -0.4 is 0 Å². The number of alkyl halides is 3. The number of nitrogens with zero attached hydrogens (tertiary/aromatic N) is 3. The number of aromatic nitrogens is 1. The van der Waals surface area contributed by atoms with E-state index in [-0.39, 0.29) is 11.5 Å². The van der Waals surface area contributed by atoms with E-state index in [0.29, 0.717) is 5.56 Å².